The second-order valence-corrected chi connectivity index (χ2v) is 4.71. The Balaban J connectivity index is 3.62. The van der Waals surface area contributed by atoms with Gasteiger partial charge in [-0.3, -0.25) is 9.59 Å². The van der Waals surface area contributed by atoms with Crippen LogP contribution in [0, 0.1) is 0 Å². The molecule has 0 saturated heterocycles. The highest BCUT2D eigenvalue weighted by molar-refractivity contribution is 5.67. The molecule has 0 aliphatic rings. The molecule has 0 saturated carbocycles. The van der Waals surface area contributed by atoms with E-state index in [0.717, 1.165) is 6.42 Å². The normalized spacial score (nSPS) is 13.0. The van der Waals surface area contributed by atoms with Crippen molar-refractivity contribution in [1.82, 2.24) is 0 Å². The lowest BCUT2D eigenvalue weighted by Crippen LogP contribution is -2.19. The number of hydrogen-bond acceptors (Lipinski definition) is 4. The number of carboxylic acids is 2. The van der Waals surface area contributed by atoms with E-state index in [0.29, 0.717) is 32.7 Å². The van der Waals surface area contributed by atoms with Crippen LogP contribution in [0.2, 0.25) is 0 Å². The van der Waals surface area contributed by atoms with Gasteiger partial charge in [-0.05, 0) is 19.3 Å². The minimum Gasteiger partial charge on any atom is -0.481 e. The van der Waals surface area contributed by atoms with Gasteiger partial charge in [-0.15, -0.1) is 0 Å². The van der Waals surface area contributed by atoms with Crippen LogP contribution in [-0.2, 0) is 19.1 Å². The Hall–Kier alpha value is -1.66. The molecule has 126 valence electrons. The molecular weight excluding hydrogens is 288 g/mol. The average molecular weight is 314 g/mol. The van der Waals surface area contributed by atoms with Crippen LogP contribution in [0.25, 0.3) is 0 Å². The van der Waals surface area contributed by atoms with E-state index in [1.54, 1.807) is 12.2 Å². The molecule has 0 bridgehead atoms. The third-order valence-electron chi connectivity index (χ3n) is 2.78. The van der Waals surface area contributed by atoms with Crippen molar-refractivity contribution < 1.29 is 29.3 Å². The van der Waals surface area contributed by atoms with Crippen LogP contribution in [0.5, 0.6) is 0 Å². The van der Waals surface area contributed by atoms with Gasteiger partial charge in [-0.25, -0.2) is 0 Å². The smallest absolute Gasteiger partial charge is 0.303 e. The molecule has 0 radical (unpaired) electrons. The molecule has 6 heteroatoms. The number of ether oxygens (including phenoxy) is 2. The molecule has 0 aromatic heterocycles. The molecule has 0 spiro atoms. The van der Waals surface area contributed by atoms with Gasteiger partial charge in [-0.1, -0.05) is 31.2 Å². The zero-order valence-corrected chi connectivity index (χ0v) is 13.1. The molecule has 0 aliphatic carbocycles. The molecule has 0 aromatic carbocycles. The van der Waals surface area contributed by atoms with Crippen molar-refractivity contribution in [2.75, 3.05) is 19.8 Å². The second kappa shape index (κ2) is 14.3. The van der Waals surface area contributed by atoms with Crippen LogP contribution in [0.15, 0.2) is 24.3 Å². The highest BCUT2D eigenvalue weighted by Crippen LogP contribution is 2.00. The second-order valence-electron chi connectivity index (χ2n) is 4.71. The lowest BCUT2D eigenvalue weighted by molar-refractivity contribution is -0.137. The fraction of sp³-hybridized carbons (Fsp3) is 0.625. The van der Waals surface area contributed by atoms with Crippen molar-refractivity contribution in [1.29, 1.82) is 0 Å². The number of carbonyl (C=O) groups is 2. The number of hydrogen-bond donors (Lipinski definition) is 2. The maximum atomic E-state index is 10.3. The van der Waals surface area contributed by atoms with E-state index in [2.05, 4.69) is 0 Å². The fourth-order valence-corrected chi connectivity index (χ4v) is 1.53. The first-order valence-corrected chi connectivity index (χ1v) is 7.49. The van der Waals surface area contributed by atoms with Crippen LogP contribution in [0.4, 0.5) is 0 Å². The number of aliphatic carboxylic acids is 2. The van der Waals surface area contributed by atoms with E-state index < -0.39 is 11.9 Å². The predicted molar refractivity (Wildman–Crippen MR) is 82.9 cm³/mol. The number of rotatable bonds is 14. The quantitative estimate of drug-likeness (QED) is 0.378. The topological polar surface area (TPSA) is 93.1 Å². The molecule has 0 aromatic rings. The molecule has 0 fully saturated rings. The van der Waals surface area contributed by atoms with Crippen LogP contribution >= 0.6 is 0 Å². The first-order valence-electron chi connectivity index (χ1n) is 7.49. The molecule has 22 heavy (non-hydrogen) atoms. The summed E-state index contributed by atoms with van der Waals surface area (Å²) < 4.78 is 11.0. The molecule has 1 unspecified atom stereocenters. The summed E-state index contributed by atoms with van der Waals surface area (Å²) >= 11 is 0. The van der Waals surface area contributed by atoms with Gasteiger partial charge in [0.2, 0.25) is 0 Å². The van der Waals surface area contributed by atoms with Gasteiger partial charge in [-0.2, -0.15) is 0 Å². The molecule has 0 amide bonds. The summed E-state index contributed by atoms with van der Waals surface area (Å²) in [5, 5.41) is 16.9. The zero-order chi connectivity index (χ0) is 16.6. The van der Waals surface area contributed by atoms with E-state index >= 15 is 0 Å². The lowest BCUT2D eigenvalue weighted by Gasteiger charge is -2.14. The first-order chi connectivity index (χ1) is 10.6. The molecule has 6 nitrogen and oxygen atoms in total. The minimum atomic E-state index is -0.804. The van der Waals surface area contributed by atoms with Gasteiger partial charge in [0, 0.05) is 12.8 Å². The third-order valence-corrected chi connectivity index (χ3v) is 2.78. The van der Waals surface area contributed by atoms with E-state index in [9.17, 15) is 9.59 Å². The van der Waals surface area contributed by atoms with Gasteiger partial charge in [0.1, 0.15) is 0 Å². The summed E-state index contributed by atoms with van der Waals surface area (Å²) in [6.07, 6.45) is 9.31. The molecule has 0 rings (SSSR count). The third kappa shape index (κ3) is 14.7. The highest BCUT2D eigenvalue weighted by atomic mass is 16.5. The molecule has 0 aliphatic heterocycles. The van der Waals surface area contributed by atoms with Crippen molar-refractivity contribution >= 4 is 11.9 Å². The largest absolute Gasteiger partial charge is 0.481 e. The summed E-state index contributed by atoms with van der Waals surface area (Å²) in [5.74, 6) is -1.61. The van der Waals surface area contributed by atoms with Crippen LogP contribution < -0.4 is 0 Å². The number of carboxylic acid groups (broad SMARTS) is 2. The van der Waals surface area contributed by atoms with Crippen molar-refractivity contribution in [2.45, 2.75) is 45.1 Å². The lowest BCUT2D eigenvalue weighted by atomic mass is 10.3. The summed E-state index contributed by atoms with van der Waals surface area (Å²) in [4.78, 5) is 20.6. The van der Waals surface area contributed by atoms with E-state index in [4.69, 9.17) is 19.7 Å². The van der Waals surface area contributed by atoms with Crippen molar-refractivity contribution in [3.8, 4) is 0 Å². The maximum Gasteiger partial charge on any atom is 0.303 e. The van der Waals surface area contributed by atoms with Gasteiger partial charge in [0.25, 0.3) is 0 Å². The van der Waals surface area contributed by atoms with Crippen LogP contribution in [-0.4, -0.2) is 48.1 Å². The van der Waals surface area contributed by atoms with E-state index in [1.807, 2.05) is 19.1 Å². The molecular formula is C16H26O6. The van der Waals surface area contributed by atoms with Gasteiger partial charge >= 0.3 is 11.9 Å². The Bertz CT molecular complexity index is 362. The van der Waals surface area contributed by atoms with Crippen molar-refractivity contribution in [3.05, 3.63) is 24.3 Å². The van der Waals surface area contributed by atoms with E-state index in [1.165, 1.54) is 0 Å². The Morgan fingerprint density at radius 3 is 2.00 bits per heavy atom. The summed E-state index contributed by atoms with van der Waals surface area (Å²) in [5.41, 5.74) is 0. The van der Waals surface area contributed by atoms with Crippen LogP contribution in [0.3, 0.4) is 0 Å². The first kappa shape index (κ1) is 20.3. The number of allylic oxidation sites excluding steroid dienone is 2. The predicted octanol–water partition coefficient (Wildman–Crippen LogP) is 2.64. The molecule has 0 heterocycles. The fourth-order valence-electron chi connectivity index (χ4n) is 1.53. The van der Waals surface area contributed by atoms with Crippen molar-refractivity contribution in [2.24, 2.45) is 0 Å². The summed E-state index contributed by atoms with van der Waals surface area (Å²) in [6, 6.07) is 0. The Morgan fingerprint density at radius 1 is 0.955 bits per heavy atom. The summed E-state index contributed by atoms with van der Waals surface area (Å²) in [7, 11) is 0. The Labute approximate surface area is 131 Å². The Morgan fingerprint density at radius 2 is 1.50 bits per heavy atom. The minimum absolute atomic E-state index is 0.00320. The standard InChI is InChI=1S/C16H26O6/c1-2-14(22-12-8-4-6-10-16(19)20)13-21-11-7-3-5-9-15(17)18/h3-4,7-8,14H,2,5-6,9-13H2,1H3,(H,17,18)(H,19,20)/b7-3+,8-4+. The van der Waals surface area contributed by atoms with Crippen LogP contribution in [0.1, 0.15) is 39.0 Å². The van der Waals surface area contributed by atoms with E-state index in [-0.39, 0.29) is 18.9 Å². The molecule has 1 atom stereocenters. The van der Waals surface area contributed by atoms with Gasteiger partial charge in [0.05, 0.1) is 25.9 Å². The molecule has 2 N–H and O–H groups in total. The van der Waals surface area contributed by atoms with Crippen molar-refractivity contribution in [3.63, 3.8) is 0 Å². The highest BCUT2D eigenvalue weighted by Gasteiger charge is 2.04. The maximum absolute atomic E-state index is 10.3. The van der Waals surface area contributed by atoms with Gasteiger partial charge < -0.3 is 19.7 Å². The zero-order valence-electron chi connectivity index (χ0n) is 13.1. The SMILES string of the molecule is CCC(COC/C=C/CCC(=O)O)OC/C=C/CCC(=O)O. The monoisotopic (exact) mass is 314 g/mol. The average Bonchev–Trinajstić information content (AvgIpc) is 2.46. The summed E-state index contributed by atoms with van der Waals surface area (Å²) in [6.45, 7) is 3.36. The van der Waals surface area contributed by atoms with Gasteiger partial charge in [0.15, 0.2) is 0 Å². The Kier molecular flexibility index (Phi) is 13.2.